The van der Waals surface area contributed by atoms with Gasteiger partial charge in [-0.05, 0) is 13.0 Å². The summed E-state index contributed by atoms with van der Waals surface area (Å²) >= 11 is 0. The van der Waals surface area contributed by atoms with E-state index >= 15 is 0 Å². The predicted molar refractivity (Wildman–Crippen MR) is 63.6 cm³/mol. The smallest absolute Gasteiger partial charge is 0.0594 e. The SMILES string of the molecule is CCNC1CCOCC1CN1CCOCC1. The summed E-state index contributed by atoms with van der Waals surface area (Å²) < 4.78 is 11.0. The van der Waals surface area contributed by atoms with Gasteiger partial charge in [0.15, 0.2) is 0 Å². The average Bonchev–Trinajstić information content (AvgIpc) is 2.33. The molecule has 16 heavy (non-hydrogen) atoms. The summed E-state index contributed by atoms with van der Waals surface area (Å²) in [5, 5.41) is 3.59. The average molecular weight is 228 g/mol. The van der Waals surface area contributed by atoms with E-state index in [1.54, 1.807) is 0 Å². The Morgan fingerprint density at radius 2 is 2.00 bits per heavy atom. The van der Waals surface area contributed by atoms with Gasteiger partial charge in [-0.1, -0.05) is 6.92 Å². The van der Waals surface area contributed by atoms with Gasteiger partial charge in [0, 0.05) is 38.2 Å². The van der Waals surface area contributed by atoms with Crippen LogP contribution in [0.5, 0.6) is 0 Å². The third-order valence-electron chi connectivity index (χ3n) is 3.54. The molecule has 4 nitrogen and oxygen atoms in total. The van der Waals surface area contributed by atoms with Crippen LogP contribution in [0.3, 0.4) is 0 Å². The highest BCUT2D eigenvalue weighted by Crippen LogP contribution is 2.16. The van der Waals surface area contributed by atoms with Crippen molar-refractivity contribution >= 4 is 0 Å². The van der Waals surface area contributed by atoms with Crippen molar-refractivity contribution in [2.45, 2.75) is 19.4 Å². The highest BCUT2D eigenvalue weighted by molar-refractivity contribution is 4.82. The molecule has 0 aromatic rings. The zero-order valence-electron chi connectivity index (χ0n) is 10.3. The van der Waals surface area contributed by atoms with E-state index in [1.807, 2.05) is 0 Å². The number of hydrogen-bond acceptors (Lipinski definition) is 4. The molecule has 2 fully saturated rings. The van der Waals surface area contributed by atoms with Crippen LogP contribution in [-0.4, -0.2) is 63.5 Å². The maximum absolute atomic E-state index is 5.60. The molecular formula is C12H24N2O2. The number of hydrogen-bond donors (Lipinski definition) is 1. The molecule has 0 aromatic carbocycles. The summed E-state index contributed by atoms with van der Waals surface area (Å²) in [5.74, 6) is 0.645. The Morgan fingerprint density at radius 1 is 1.19 bits per heavy atom. The molecule has 0 saturated carbocycles. The second-order valence-corrected chi connectivity index (χ2v) is 4.70. The lowest BCUT2D eigenvalue weighted by atomic mass is 9.95. The zero-order valence-corrected chi connectivity index (χ0v) is 10.3. The monoisotopic (exact) mass is 228 g/mol. The molecule has 2 aliphatic heterocycles. The minimum absolute atomic E-state index is 0.640. The number of ether oxygens (including phenoxy) is 2. The lowest BCUT2D eigenvalue weighted by molar-refractivity contribution is -0.0102. The van der Waals surface area contributed by atoms with E-state index in [0.717, 1.165) is 59.0 Å². The first kappa shape index (κ1) is 12.3. The van der Waals surface area contributed by atoms with Gasteiger partial charge in [0.2, 0.25) is 0 Å². The standard InChI is InChI=1S/C12H24N2O2/c1-2-13-12-3-6-16-10-11(12)9-14-4-7-15-8-5-14/h11-13H,2-10H2,1H3. The lowest BCUT2D eigenvalue weighted by Gasteiger charge is -2.37. The molecule has 2 unspecified atom stereocenters. The van der Waals surface area contributed by atoms with Crippen LogP contribution < -0.4 is 5.32 Å². The van der Waals surface area contributed by atoms with Crippen molar-refractivity contribution < 1.29 is 9.47 Å². The van der Waals surface area contributed by atoms with E-state index in [4.69, 9.17) is 9.47 Å². The highest BCUT2D eigenvalue weighted by atomic mass is 16.5. The molecule has 94 valence electrons. The minimum Gasteiger partial charge on any atom is -0.381 e. The molecular weight excluding hydrogens is 204 g/mol. The molecule has 4 heteroatoms. The molecule has 2 rings (SSSR count). The van der Waals surface area contributed by atoms with Gasteiger partial charge in [0.25, 0.3) is 0 Å². The Morgan fingerprint density at radius 3 is 2.75 bits per heavy atom. The molecule has 0 bridgehead atoms. The van der Waals surface area contributed by atoms with Crippen molar-refractivity contribution in [3.63, 3.8) is 0 Å². The largest absolute Gasteiger partial charge is 0.381 e. The van der Waals surface area contributed by atoms with E-state index in [9.17, 15) is 0 Å². The Labute approximate surface area is 98.3 Å². The third kappa shape index (κ3) is 3.42. The van der Waals surface area contributed by atoms with Crippen molar-refractivity contribution in [3.8, 4) is 0 Å². The van der Waals surface area contributed by atoms with Gasteiger partial charge >= 0.3 is 0 Å². The summed E-state index contributed by atoms with van der Waals surface area (Å²) in [6, 6.07) is 0.640. The zero-order chi connectivity index (χ0) is 11.2. The first-order valence-electron chi connectivity index (χ1n) is 6.51. The fourth-order valence-electron chi connectivity index (χ4n) is 2.62. The minimum atomic E-state index is 0.640. The lowest BCUT2D eigenvalue weighted by Crippen LogP contribution is -2.49. The van der Waals surface area contributed by atoms with Gasteiger partial charge < -0.3 is 14.8 Å². The van der Waals surface area contributed by atoms with E-state index in [1.165, 1.54) is 0 Å². The molecule has 0 radical (unpaired) electrons. The van der Waals surface area contributed by atoms with Crippen LogP contribution in [-0.2, 0) is 9.47 Å². The number of nitrogens with zero attached hydrogens (tertiary/aromatic N) is 1. The van der Waals surface area contributed by atoms with Gasteiger partial charge in [-0.25, -0.2) is 0 Å². The van der Waals surface area contributed by atoms with Crippen molar-refractivity contribution in [3.05, 3.63) is 0 Å². The molecule has 0 aliphatic carbocycles. The Balaban J connectivity index is 1.80. The maximum Gasteiger partial charge on any atom is 0.0594 e. The van der Waals surface area contributed by atoms with E-state index in [-0.39, 0.29) is 0 Å². The Kier molecular flexibility index (Phi) is 5.03. The normalized spacial score (nSPS) is 32.8. The summed E-state index contributed by atoms with van der Waals surface area (Å²) in [6.07, 6.45) is 1.16. The predicted octanol–water partition coefficient (Wildman–Crippen LogP) is 0.333. The van der Waals surface area contributed by atoms with Gasteiger partial charge in [0.05, 0.1) is 19.8 Å². The Hall–Kier alpha value is -0.160. The molecule has 2 saturated heterocycles. The summed E-state index contributed by atoms with van der Waals surface area (Å²) in [6.45, 7) is 10.2. The second-order valence-electron chi connectivity index (χ2n) is 4.70. The van der Waals surface area contributed by atoms with Gasteiger partial charge in [0.1, 0.15) is 0 Å². The topological polar surface area (TPSA) is 33.7 Å². The van der Waals surface area contributed by atoms with Crippen molar-refractivity contribution in [2.75, 3.05) is 52.6 Å². The van der Waals surface area contributed by atoms with Crippen molar-refractivity contribution in [1.29, 1.82) is 0 Å². The van der Waals surface area contributed by atoms with Crippen LogP contribution in [0, 0.1) is 5.92 Å². The first-order chi connectivity index (χ1) is 7.90. The summed E-state index contributed by atoms with van der Waals surface area (Å²) in [4.78, 5) is 2.51. The quantitative estimate of drug-likeness (QED) is 0.752. The van der Waals surface area contributed by atoms with Gasteiger partial charge in [-0.2, -0.15) is 0 Å². The number of nitrogens with one attached hydrogen (secondary N) is 1. The molecule has 2 aliphatic rings. The second kappa shape index (κ2) is 6.55. The molecule has 0 amide bonds. The van der Waals surface area contributed by atoms with Crippen LogP contribution in [0.25, 0.3) is 0 Å². The molecule has 2 heterocycles. The maximum atomic E-state index is 5.60. The van der Waals surface area contributed by atoms with Crippen LogP contribution in [0.1, 0.15) is 13.3 Å². The van der Waals surface area contributed by atoms with Gasteiger partial charge in [-0.15, -0.1) is 0 Å². The molecule has 0 aromatic heterocycles. The third-order valence-corrected chi connectivity index (χ3v) is 3.54. The van der Waals surface area contributed by atoms with Gasteiger partial charge in [-0.3, -0.25) is 4.90 Å². The van der Waals surface area contributed by atoms with E-state index in [0.29, 0.717) is 12.0 Å². The van der Waals surface area contributed by atoms with Crippen LogP contribution in [0.2, 0.25) is 0 Å². The highest BCUT2D eigenvalue weighted by Gasteiger charge is 2.27. The van der Waals surface area contributed by atoms with Crippen molar-refractivity contribution in [2.24, 2.45) is 5.92 Å². The molecule has 1 N–H and O–H groups in total. The number of morpholine rings is 1. The summed E-state index contributed by atoms with van der Waals surface area (Å²) in [5.41, 5.74) is 0. The number of rotatable bonds is 4. The van der Waals surface area contributed by atoms with Crippen LogP contribution in [0.4, 0.5) is 0 Å². The van der Waals surface area contributed by atoms with Crippen LogP contribution in [0.15, 0.2) is 0 Å². The fourth-order valence-corrected chi connectivity index (χ4v) is 2.62. The van der Waals surface area contributed by atoms with E-state index in [2.05, 4.69) is 17.1 Å². The molecule has 2 atom stereocenters. The van der Waals surface area contributed by atoms with E-state index < -0.39 is 0 Å². The van der Waals surface area contributed by atoms with Crippen LogP contribution >= 0.6 is 0 Å². The Bertz CT molecular complexity index is 193. The molecule has 0 spiro atoms. The summed E-state index contributed by atoms with van der Waals surface area (Å²) in [7, 11) is 0. The fraction of sp³-hybridized carbons (Fsp3) is 1.00. The van der Waals surface area contributed by atoms with Crippen molar-refractivity contribution in [1.82, 2.24) is 10.2 Å². The first-order valence-corrected chi connectivity index (χ1v) is 6.51.